The van der Waals surface area contributed by atoms with Gasteiger partial charge in [-0.05, 0) is 357 Å². The lowest BCUT2D eigenvalue weighted by Gasteiger charge is -2.59. The summed E-state index contributed by atoms with van der Waals surface area (Å²) in [5, 5.41) is 0. The van der Waals surface area contributed by atoms with Gasteiger partial charge in [-0.25, -0.2) is 19.2 Å². The SMILES string of the molecule is CCC1(OC(=O)COc2c(C)cc([S+](c3ccccc3)c3ccccc3)cc2C)CCCC1.CCC1(OC(=O)COc2c(C)cc([S+](c3ccccc3)c3ccccc3)cc2C)CCCCC1.Cc1cc(OCC(=O)OC2(C)C3CC4CC(C3)CC2C4)ccc1[S+](c1ccccc1)c1ccccc1.Cc1cc([S+](c2ccccc2)c2ccccc2)cc(C)c1OCC(=O)OC1(C)CCCC1. The van der Waals surface area contributed by atoms with Crippen molar-refractivity contribution in [2.24, 2.45) is 23.7 Å². The first-order valence-electron chi connectivity index (χ1n) is 48.7. The lowest BCUT2D eigenvalue weighted by atomic mass is 9.50. The highest BCUT2D eigenvalue weighted by Gasteiger charge is 2.57. The van der Waals surface area contributed by atoms with Crippen LogP contribution in [0, 0.1) is 72.1 Å². The molecule has 7 aliphatic rings. The summed E-state index contributed by atoms with van der Waals surface area (Å²) in [5.41, 5.74) is 6.15. The first-order valence-corrected chi connectivity index (χ1v) is 53.6. The van der Waals surface area contributed by atoms with Gasteiger partial charge in [0.05, 0.1) is 43.6 Å². The van der Waals surface area contributed by atoms with E-state index in [1.54, 1.807) is 0 Å². The van der Waals surface area contributed by atoms with Gasteiger partial charge < -0.3 is 37.9 Å². The zero-order valence-electron chi connectivity index (χ0n) is 80.6. The van der Waals surface area contributed by atoms with Crippen molar-refractivity contribution in [2.45, 2.75) is 286 Å². The molecule has 0 saturated heterocycles. The fraction of sp³-hybridized carbons (Fsp3) is 0.361. The molecule has 7 aliphatic carbocycles. The Kier molecular flexibility index (Phi) is 33.8. The molecule has 0 N–H and O–H groups in total. The van der Waals surface area contributed by atoms with Crippen LogP contribution in [0.25, 0.3) is 0 Å². The van der Waals surface area contributed by atoms with Gasteiger partial charge in [0.25, 0.3) is 0 Å². The minimum absolute atomic E-state index is 0.0379. The molecular formula is C119H134O12S4+4. The van der Waals surface area contributed by atoms with Crippen molar-refractivity contribution in [3.63, 3.8) is 0 Å². The molecule has 0 amide bonds. The van der Waals surface area contributed by atoms with E-state index in [4.69, 9.17) is 37.9 Å². The Labute approximate surface area is 813 Å². The highest BCUT2D eigenvalue weighted by molar-refractivity contribution is 7.98. The third-order valence-electron chi connectivity index (χ3n) is 27.9. The van der Waals surface area contributed by atoms with E-state index < -0.39 is 0 Å². The number of carbonyl (C=O) groups excluding carboxylic acids is 4. The maximum absolute atomic E-state index is 12.9. The Morgan fingerprint density at radius 2 is 0.533 bits per heavy atom. The molecule has 0 aliphatic heterocycles. The van der Waals surface area contributed by atoms with Crippen LogP contribution < -0.4 is 18.9 Å². The third-order valence-corrected chi connectivity index (χ3v) is 36.9. The summed E-state index contributed by atoms with van der Waals surface area (Å²) in [4.78, 5) is 65.8. The number of rotatable bonds is 30. The molecule has 0 radical (unpaired) electrons. The molecule has 12 aromatic rings. The second kappa shape index (κ2) is 46.3. The van der Waals surface area contributed by atoms with Crippen LogP contribution in [-0.2, 0) is 81.7 Å². The van der Waals surface area contributed by atoms with Crippen LogP contribution in [0.3, 0.4) is 0 Å². The van der Waals surface area contributed by atoms with E-state index in [9.17, 15) is 19.2 Å². The molecule has 0 spiro atoms. The molecule has 19 rings (SSSR count). The minimum atomic E-state index is -0.325. The normalized spacial score (nSPS) is 18.6. The fourth-order valence-corrected chi connectivity index (χ4v) is 30.2. The number of benzene rings is 12. The maximum Gasteiger partial charge on any atom is 0.344 e. The van der Waals surface area contributed by atoms with Crippen LogP contribution in [0.2, 0.25) is 0 Å². The predicted molar refractivity (Wildman–Crippen MR) is 545 cm³/mol. The number of aryl methyl sites for hydroxylation is 7. The molecule has 4 bridgehead atoms. The Morgan fingerprint density at radius 1 is 0.274 bits per heavy atom. The van der Waals surface area contributed by atoms with Gasteiger partial charge in [0.2, 0.25) is 0 Å². The average Bonchev–Trinajstić information content (AvgIpc) is 1.09. The summed E-state index contributed by atoms with van der Waals surface area (Å²) >= 11 is 0. The second-order valence-corrected chi connectivity index (χ2v) is 45.9. The Balaban J connectivity index is 0.000000137. The smallest absolute Gasteiger partial charge is 0.344 e. The van der Waals surface area contributed by atoms with E-state index in [-0.39, 0.29) is 116 Å². The third kappa shape index (κ3) is 25.1. The highest BCUT2D eigenvalue weighted by atomic mass is 32.2. The van der Waals surface area contributed by atoms with E-state index in [1.807, 2.05) is 26.8 Å². The van der Waals surface area contributed by atoms with Crippen molar-refractivity contribution >= 4 is 67.5 Å². The Bertz CT molecular complexity index is 5630. The van der Waals surface area contributed by atoms with E-state index in [0.717, 1.165) is 158 Å². The molecule has 702 valence electrons. The summed E-state index contributed by atoms with van der Waals surface area (Å²) in [5.74, 6) is 4.74. The van der Waals surface area contributed by atoms with Crippen LogP contribution in [0.4, 0.5) is 0 Å². The largest absolute Gasteiger partial charge is 0.482 e. The summed E-state index contributed by atoms with van der Waals surface area (Å²) in [6.45, 7) is 22.7. The lowest BCUT2D eigenvalue weighted by Crippen LogP contribution is -2.58. The van der Waals surface area contributed by atoms with Crippen molar-refractivity contribution in [3.8, 4) is 23.0 Å². The monoisotopic (exact) mass is 1880 g/mol. The van der Waals surface area contributed by atoms with Gasteiger partial charge in [-0.15, -0.1) is 0 Å². The van der Waals surface area contributed by atoms with Crippen molar-refractivity contribution in [3.05, 3.63) is 336 Å². The molecule has 16 heteroatoms. The molecule has 12 nitrogen and oxygen atoms in total. The first-order chi connectivity index (χ1) is 65.5. The highest BCUT2D eigenvalue weighted by Crippen LogP contribution is 2.60. The molecule has 0 unspecified atom stereocenters. The number of hydrogen-bond acceptors (Lipinski definition) is 12. The number of hydrogen-bond donors (Lipinski definition) is 0. The van der Waals surface area contributed by atoms with Crippen molar-refractivity contribution in [1.29, 1.82) is 0 Å². The van der Waals surface area contributed by atoms with Crippen molar-refractivity contribution < 1.29 is 57.1 Å². The fourth-order valence-electron chi connectivity index (χ4n) is 21.2. The molecule has 0 heterocycles. The Hall–Kier alpha value is -10.9. The molecule has 12 aromatic carbocycles. The van der Waals surface area contributed by atoms with Gasteiger partial charge in [0.15, 0.2) is 85.2 Å². The van der Waals surface area contributed by atoms with E-state index >= 15 is 0 Å². The Morgan fingerprint density at radius 3 is 0.822 bits per heavy atom. The topological polar surface area (TPSA) is 142 Å². The predicted octanol–water partition coefficient (Wildman–Crippen LogP) is 28.4. The average molecular weight is 1880 g/mol. The number of ether oxygens (including phenoxy) is 8. The first kappa shape index (κ1) is 98.6. The number of carbonyl (C=O) groups is 4. The van der Waals surface area contributed by atoms with Gasteiger partial charge in [0.1, 0.15) is 45.4 Å². The second-order valence-electron chi connectivity index (χ2n) is 37.9. The van der Waals surface area contributed by atoms with Crippen LogP contribution >= 0.6 is 0 Å². The van der Waals surface area contributed by atoms with Crippen LogP contribution in [-0.4, -0.2) is 72.7 Å². The van der Waals surface area contributed by atoms with E-state index in [2.05, 4.69) is 347 Å². The molecule has 0 aromatic heterocycles. The minimum Gasteiger partial charge on any atom is -0.482 e. The van der Waals surface area contributed by atoms with E-state index in [1.165, 1.54) is 97.3 Å². The van der Waals surface area contributed by atoms with E-state index in [0.29, 0.717) is 17.6 Å². The zero-order valence-corrected chi connectivity index (χ0v) is 83.9. The van der Waals surface area contributed by atoms with Crippen LogP contribution in [0.15, 0.2) is 356 Å². The van der Waals surface area contributed by atoms with Gasteiger partial charge in [0, 0.05) is 42.0 Å². The van der Waals surface area contributed by atoms with Crippen LogP contribution in [0.1, 0.15) is 195 Å². The summed E-state index contributed by atoms with van der Waals surface area (Å²) in [6.07, 6.45) is 21.7. The van der Waals surface area contributed by atoms with Crippen molar-refractivity contribution in [2.75, 3.05) is 26.4 Å². The maximum atomic E-state index is 12.9. The molecule has 7 fully saturated rings. The summed E-state index contributed by atoms with van der Waals surface area (Å²) in [7, 11) is -0.848. The molecule has 0 atom stereocenters. The summed E-state index contributed by atoms with van der Waals surface area (Å²) < 4.78 is 47.7. The van der Waals surface area contributed by atoms with Gasteiger partial charge in [-0.1, -0.05) is 166 Å². The zero-order chi connectivity index (χ0) is 94.5. The molecular weight excluding hydrogens is 1750 g/mol. The summed E-state index contributed by atoms with van der Waals surface area (Å²) in [6, 6.07) is 104. The molecule has 7 saturated carbocycles. The van der Waals surface area contributed by atoms with Crippen LogP contribution in [0.5, 0.6) is 23.0 Å². The van der Waals surface area contributed by atoms with Gasteiger partial charge in [-0.3, -0.25) is 0 Å². The van der Waals surface area contributed by atoms with Crippen molar-refractivity contribution in [1.82, 2.24) is 0 Å². The quantitative estimate of drug-likeness (QED) is 0.0240. The van der Waals surface area contributed by atoms with Gasteiger partial charge in [-0.2, -0.15) is 0 Å². The van der Waals surface area contributed by atoms with Gasteiger partial charge >= 0.3 is 23.9 Å². The molecule has 135 heavy (non-hydrogen) atoms. The standard InChI is InChI=1S/C32H35O3S.C30H35O3S.C29H33O3S.C28H31O3S/c1-22-15-27(13-14-30(22)36(28-9-5-3-6-10-28)29-11-7-4-8-12-29)34-21-31(33)35-32(2)25-17-23-16-24(19-25)20-26(32)18-23;1-4-30(18-12-7-13-19-30)33-28(31)22-32-29-23(2)20-27(21-24(29)3)34(25-14-8-5-9-15-25)26-16-10-6-11-17-26;1-4-29(17-11-12-18-29)32-27(30)21-31-28-22(2)19-26(20-23(28)3)33(24-13-7-5-8-14-24)25-15-9-6-10-16-25;1-21-18-25(32(23-12-6-4-7-13-23)24-14-8-5-9-15-24)19-22(2)27(21)30-20-26(29)31-28(3)16-10-11-17-28/h3-15,23-26H,16-21H2,1-2H3;5-6,8-11,14-17,20-21H,4,7,12-13,18-19,22H2,1-3H3;5-10,13-16,19-20H,4,11-12,17-18,21H2,1-3H3;4-9,12-15,18-19H,10-11,16-17,20H2,1-3H3/q4*+1. The lowest BCUT2D eigenvalue weighted by molar-refractivity contribution is -0.204. The number of esters is 4.